The maximum atomic E-state index is 10.5. The number of methoxy groups -OCH3 is 2. The van der Waals surface area contributed by atoms with Crippen molar-refractivity contribution in [3.63, 3.8) is 0 Å². The monoisotopic (exact) mass is 401 g/mol. The molecule has 0 spiro atoms. The van der Waals surface area contributed by atoms with E-state index in [2.05, 4.69) is 0 Å². The van der Waals surface area contributed by atoms with Crippen LogP contribution >= 0.6 is 6.72 Å². The summed E-state index contributed by atoms with van der Waals surface area (Å²) in [6.45, 7) is 0.612. The van der Waals surface area contributed by atoms with Gasteiger partial charge in [-0.05, 0) is 11.8 Å². The Balaban J connectivity index is 1.95. The third kappa shape index (κ3) is 5.34. The Morgan fingerprint density at radius 1 is 1.12 bits per heavy atom. The molecule has 7 nitrogen and oxygen atoms in total. The van der Waals surface area contributed by atoms with Crippen molar-refractivity contribution >= 4 is 41.3 Å². The second-order valence-electron chi connectivity index (χ2n) is 6.68. The molecule has 12 heteroatoms. The van der Waals surface area contributed by atoms with Gasteiger partial charge in [0.2, 0.25) is 0 Å². The molecular weight excluding hydrogens is 376 g/mol. The standard InChI is InChI=1S/C14H25B3O7PS/c1-7-12(9(5-19-3)22-13(7)15)24-25(18,26)21-6-10-11(20-4)8(2)14(17-16)23-10/h7-14H,5-6H2,1-4H3,(H,18,26)/t7?,8?,9-,10-,11-,12-,13-,14-,25?/m1/s1. The number of rotatable bonds is 9. The minimum Gasteiger partial charge on any atom is -0.382 e. The zero-order valence-electron chi connectivity index (χ0n) is 15.5. The van der Waals surface area contributed by atoms with Crippen molar-refractivity contribution in [3.05, 3.63) is 0 Å². The quantitative estimate of drug-likeness (QED) is 0.426. The lowest BCUT2D eigenvalue weighted by molar-refractivity contribution is -0.0321. The van der Waals surface area contributed by atoms with Crippen LogP contribution in [0, 0.1) is 11.8 Å². The molecule has 26 heavy (non-hydrogen) atoms. The van der Waals surface area contributed by atoms with Crippen molar-refractivity contribution in [2.24, 2.45) is 11.8 Å². The van der Waals surface area contributed by atoms with Gasteiger partial charge in [0.15, 0.2) is 0 Å². The van der Waals surface area contributed by atoms with Crippen LogP contribution < -0.4 is 0 Å². The molecule has 0 aromatic carbocycles. The SMILES string of the molecule is [B][B][C@@H]1O[C@H](COP(O)(=S)O[C@@H]2C(C)[C@H]([B])O[C@@H]2COC)[C@H](OC)C1C. The van der Waals surface area contributed by atoms with E-state index < -0.39 is 31.0 Å². The van der Waals surface area contributed by atoms with E-state index in [1.807, 2.05) is 13.8 Å². The highest BCUT2D eigenvalue weighted by molar-refractivity contribution is 8.07. The fraction of sp³-hybridized carbons (Fsp3) is 1.00. The van der Waals surface area contributed by atoms with Crippen LogP contribution in [0.1, 0.15) is 13.8 Å². The maximum Gasteiger partial charge on any atom is 0.324 e. The van der Waals surface area contributed by atoms with Crippen LogP contribution in [-0.4, -0.2) is 91.5 Å². The maximum absolute atomic E-state index is 10.5. The summed E-state index contributed by atoms with van der Waals surface area (Å²) in [5.74, 6) is -0.109. The van der Waals surface area contributed by atoms with E-state index in [9.17, 15) is 4.89 Å². The van der Waals surface area contributed by atoms with Crippen molar-refractivity contribution in [2.45, 2.75) is 50.3 Å². The van der Waals surface area contributed by atoms with Crippen LogP contribution in [-0.2, 0) is 39.8 Å². The molecule has 0 aromatic rings. The van der Waals surface area contributed by atoms with Crippen LogP contribution in [0.25, 0.3) is 0 Å². The van der Waals surface area contributed by atoms with Crippen LogP contribution in [0.3, 0.4) is 0 Å². The summed E-state index contributed by atoms with van der Waals surface area (Å²) in [7, 11) is 16.1. The topological polar surface area (TPSA) is 75.6 Å². The Bertz CT molecular complexity index is 505. The Kier molecular flexibility index (Phi) is 8.66. The van der Waals surface area contributed by atoms with Gasteiger partial charge in [0.1, 0.15) is 20.1 Å². The molecular formula is C14H25B3O7PS. The molecule has 2 rings (SSSR count). The van der Waals surface area contributed by atoms with Crippen molar-refractivity contribution in [3.8, 4) is 0 Å². The van der Waals surface area contributed by atoms with Crippen molar-refractivity contribution in [1.29, 1.82) is 0 Å². The van der Waals surface area contributed by atoms with Gasteiger partial charge in [0.25, 0.3) is 0 Å². The molecule has 2 heterocycles. The first kappa shape index (κ1) is 22.8. The first-order valence-electron chi connectivity index (χ1n) is 8.53. The van der Waals surface area contributed by atoms with E-state index in [4.69, 9.17) is 55.4 Å². The molecule has 0 aliphatic carbocycles. The average Bonchev–Trinajstić information content (AvgIpc) is 3.04. The Morgan fingerprint density at radius 3 is 2.35 bits per heavy atom. The highest BCUT2D eigenvalue weighted by Crippen LogP contribution is 2.49. The molecule has 0 saturated carbocycles. The predicted octanol–water partition coefficient (Wildman–Crippen LogP) is -0.0554. The Hall–Kier alpha value is 0.565. The van der Waals surface area contributed by atoms with E-state index in [-0.39, 0.29) is 37.2 Å². The minimum atomic E-state index is -3.54. The molecule has 3 unspecified atom stereocenters. The van der Waals surface area contributed by atoms with Crippen LogP contribution in [0.15, 0.2) is 0 Å². The van der Waals surface area contributed by atoms with Gasteiger partial charge in [-0.3, -0.25) is 0 Å². The normalized spacial score (nSPS) is 42.7. The molecule has 0 bridgehead atoms. The smallest absolute Gasteiger partial charge is 0.324 e. The Morgan fingerprint density at radius 2 is 1.77 bits per heavy atom. The minimum absolute atomic E-state index is 0.0317. The zero-order chi connectivity index (χ0) is 19.5. The summed E-state index contributed by atoms with van der Waals surface area (Å²) in [6.07, 6.45) is -1.58. The molecule has 0 aromatic heterocycles. The zero-order valence-corrected chi connectivity index (χ0v) is 17.2. The van der Waals surface area contributed by atoms with Gasteiger partial charge in [-0.15, -0.1) is 0 Å². The van der Waals surface area contributed by atoms with Gasteiger partial charge in [0.05, 0.1) is 32.6 Å². The average molecular weight is 401 g/mol. The first-order valence-corrected chi connectivity index (χ1v) is 11.1. The second kappa shape index (κ2) is 9.85. The van der Waals surface area contributed by atoms with Gasteiger partial charge in [-0.1, -0.05) is 13.8 Å². The van der Waals surface area contributed by atoms with Gasteiger partial charge in [-0.2, -0.15) is 0 Å². The summed E-state index contributed by atoms with van der Waals surface area (Å²) >= 11 is 5.16. The molecule has 0 amide bonds. The summed E-state index contributed by atoms with van der Waals surface area (Å²) in [4.78, 5) is 10.5. The molecule has 2 aliphatic heterocycles. The predicted molar refractivity (Wildman–Crippen MR) is 103 cm³/mol. The molecule has 5 radical (unpaired) electrons. The van der Waals surface area contributed by atoms with Gasteiger partial charge in [-0.25, -0.2) is 0 Å². The first-order chi connectivity index (χ1) is 12.2. The number of ether oxygens (including phenoxy) is 4. The molecule has 143 valence electrons. The van der Waals surface area contributed by atoms with E-state index in [0.29, 0.717) is 0 Å². The highest BCUT2D eigenvalue weighted by atomic mass is 32.5. The molecule has 2 fully saturated rings. The van der Waals surface area contributed by atoms with E-state index in [1.165, 1.54) is 7.17 Å². The van der Waals surface area contributed by atoms with Crippen molar-refractivity contribution in [2.75, 3.05) is 27.4 Å². The lowest BCUT2D eigenvalue weighted by atomic mass is 9.49. The van der Waals surface area contributed by atoms with Gasteiger partial charge in [0, 0.05) is 45.8 Å². The summed E-state index contributed by atoms with van der Waals surface area (Å²) < 4.78 is 33.2. The van der Waals surface area contributed by atoms with Crippen LogP contribution in [0.5, 0.6) is 0 Å². The molecule has 1 N–H and O–H groups in total. The lowest BCUT2D eigenvalue weighted by Crippen LogP contribution is -2.33. The number of hydrogen-bond acceptors (Lipinski definition) is 7. The second-order valence-corrected chi connectivity index (χ2v) is 9.47. The van der Waals surface area contributed by atoms with Crippen molar-refractivity contribution < 1.29 is 32.9 Å². The van der Waals surface area contributed by atoms with Crippen LogP contribution in [0.4, 0.5) is 0 Å². The third-order valence-electron chi connectivity index (χ3n) is 4.92. The molecule has 9 atom stereocenters. The fourth-order valence-electron chi connectivity index (χ4n) is 3.39. The highest BCUT2D eigenvalue weighted by Gasteiger charge is 2.44. The summed E-state index contributed by atoms with van der Waals surface area (Å²) in [5.41, 5.74) is 0. The van der Waals surface area contributed by atoms with Gasteiger partial charge >= 0.3 is 6.72 Å². The van der Waals surface area contributed by atoms with Gasteiger partial charge < -0.3 is 32.9 Å². The summed E-state index contributed by atoms with van der Waals surface area (Å²) in [5, 5.41) is 0. The van der Waals surface area contributed by atoms with E-state index >= 15 is 0 Å². The van der Waals surface area contributed by atoms with E-state index in [0.717, 1.165) is 0 Å². The Labute approximate surface area is 164 Å². The van der Waals surface area contributed by atoms with Crippen molar-refractivity contribution in [1.82, 2.24) is 0 Å². The summed E-state index contributed by atoms with van der Waals surface area (Å²) in [6, 6.07) is -0.772. The molecule has 2 saturated heterocycles. The lowest BCUT2D eigenvalue weighted by Gasteiger charge is -2.27. The third-order valence-corrected chi connectivity index (χ3v) is 6.48. The largest absolute Gasteiger partial charge is 0.382 e. The van der Waals surface area contributed by atoms with Crippen LogP contribution in [0.2, 0.25) is 0 Å². The molecule has 2 aliphatic rings. The number of hydrogen-bond donors (Lipinski definition) is 1. The van der Waals surface area contributed by atoms with E-state index in [1.54, 1.807) is 14.2 Å². The fourth-order valence-corrected chi connectivity index (χ4v) is 4.91.